The van der Waals surface area contributed by atoms with Crippen LogP contribution in [0.5, 0.6) is 5.75 Å². The highest BCUT2D eigenvalue weighted by Gasteiger charge is 2.06. The summed E-state index contributed by atoms with van der Waals surface area (Å²) in [5, 5.41) is 2.54. The van der Waals surface area contributed by atoms with Crippen LogP contribution in [0.15, 0.2) is 38.3 Å². The lowest BCUT2D eigenvalue weighted by Gasteiger charge is -2.09. The molecule has 0 aliphatic carbocycles. The Morgan fingerprint density at radius 1 is 1.15 bits per heavy atom. The molecule has 1 N–H and O–H groups in total. The minimum absolute atomic E-state index is 0.193. The minimum Gasteiger partial charge on any atom is -0.492 e. The zero-order valence-electron chi connectivity index (χ0n) is 11.3. The minimum atomic E-state index is -0.245. The van der Waals surface area contributed by atoms with Crippen molar-refractivity contribution >= 4 is 15.9 Å². The molecule has 0 spiro atoms. The molecule has 0 fully saturated rings. The Morgan fingerprint density at radius 3 is 2.45 bits per heavy atom. The van der Waals surface area contributed by atoms with Crippen molar-refractivity contribution in [2.75, 3.05) is 6.61 Å². The predicted molar refractivity (Wildman–Crippen MR) is 80.4 cm³/mol. The molecule has 1 aromatic heterocycles. The van der Waals surface area contributed by atoms with Gasteiger partial charge in [0.25, 0.3) is 11.1 Å². The summed E-state index contributed by atoms with van der Waals surface area (Å²) in [7, 11) is 0. The van der Waals surface area contributed by atoms with Crippen molar-refractivity contribution < 1.29 is 4.74 Å². The van der Waals surface area contributed by atoms with Gasteiger partial charge < -0.3 is 4.74 Å². The van der Waals surface area contributed by atoms with E-state index in [1.54, 1.807) is 13.8 Å². The van der Waals surface area contributed by atoms with E-state index in [2.05, 4.69) is 21.0 Å². The number of hydrogen-bond acceptors (Lipinski definition) is 3. The number of H-pyrrole nitrogens is 1. The molecule has 20 heavy (non-hydrogen) atoms. The smallest absolute Gasteiger partial charge is 0.268 e. The summed E-state index contributed by atoms with van der Waals surface area (Å²) in [5.74, 6) is 0.715. The van der Waals surface area contributed by atoms with E-state index in [-0.39, 0.29) is 11.1 Å². The van der Waals surface area contributed by atoms with Gasteiger partial charge in [0.05, 0.1) is 6.54 Å². The molecule has 0 aliphatic heterocycles. The topological polar surface area (TPSA) is 64.1 Å². The highest BCUT2D eigenvalue weighted by Crippen LogP contribution is 2.15. The Labute approximate surface area is 124 Å². The number of aromatic amines is 1. The normalized spacial score (nSPS) is 10.6. The maximum Gasteiger partial charge on any atom is 0.268 e. The third-order valence-corrected chi connectivity index (χ3v) is 3.63. The summed E-state index contributed by atoms with van der Waals surface area (Å²) in [6, 6.07) is 7.41. The van der Waals surface area contributed by atoms with Crippen molar-refractivity contribution in [2.24, 2.45) is 0 Å². The predicted octanol–water partition coefficient (Wildman–Crippen LogP) is 1.99. The van der Waals surface area contributed by atoms with Crippen LogP contribution in [0.4, 0.5) is 0 Å². The number of nitrogens with zero attached hydrogens (tertiary/aromatic N) is 1. The van der Waals surface area contributed by atoms with Crippen molar-refractivity contribution in [1.29, 1.82) is 0 Å². The van der Waals surface area contributed by atoms with Gasteiger partial charge in [-0.05, 0) is 38.1 Å². The van der Waals surface area contributed by atoms with Crippen LogP contribution in [-0.2, 0) is 6.54 Å². The molecule has 0 aliphatic rings. The molecule has 0 atom stereocenters. The molecule has 1 aromatic carbocycles. The Morgan fingerprint density at radius 2 is 1.80 bits per heavy atom. The quantitative estimate of drug-likeness (QED) is 0.927. The zero-order chi connectivity index (χ0) is 14.7. The van der Waals surface area contributed by atoms with E-state index >= 15 is 0 Å². The summed E-state index contributed by atoms with van der Waals surface area (Å²) < 4.78 is 7.78. The van der Waals surface area contributed by atoms with Gasteiger partial charge in [0.2, 0.25) is 0 Å². The Kier molecular flexibility index (Phi) is 4.44. The second-order valence-corrected chi connectivity index (χ2v) is 5.37. The first-order valence-corrected chi connectivity index (χ1v) is 6.97. The molecule has 0 saturated heterocycles. The van der Waals surface area contributed by atoms with Crippen LogP contribution < -0.4 is 15.9 Å². The van der Waals surface area contributed by atoms with Crippen molar-refractivity contribution in [3.05, 3.63) is 60.6 Å². The third-order valence-electron chi connectivity index (χ3n) is 3.10. The maximum atomic E-state index is 12.0. The fourth-order valence-corrected chi connectivity index (χ4v) is 2.00. The van der Waals surface area contributed by atoms with E-state index in [0.717, 1.165) is 4.47 Å². The van der Waals surface area contributed by atoms with Gasteiger partial charge in [-0.3, -0.25) is 14.7 Å². The molecule has 1 heterocycles. The number of hydrogen-bond donors (Lipinski definition) is 1. The molecule has 0 radical (unpaired) electrons. The summed E-state index contributed by atoms with van der Waals surface area (Å²) in [6.07, 6.45) is 0. The highest BCUT2D eigenvalue weighted by molar-refractivity contribution is 9.10. The first-order valence-electron chi connectivity index (χ1n) is 6.17. The first-order chi connectivity index (χ1) is 9.49. The van der Waals surface area contributed by atoms with Crippen LogP contribution in [0, 0.1) is 13.8 Å². The van der Waals surface area contributed by atoms with Crippen LogP contribution in [0.1, 0.15) is 11.1 Å². The summed E-state index contributed by atoms with van der Waals surface area (Å²) in [4.78, 5) is 23.6. The average molecular weight is 339 g/mol. The van der Waals surface area contributed by atoms with Crippen LogP contribution >= 0.6 is 15.9 Å². The fraction of sp³-hybridized carbons (Fsp3) is 0.286. The molecule has 2 rings (SSSR count). The molecule has 0 unspecified atom stereocenters. The van der Waals surface area contributed by atoms with Crippen molar-refractivity contribution in [3.63, 3.8) is 0 Å². The summed E-state index contributed by atoms with van der Waals surface area (Å²) in [6.45, 7) is 3.89. The van der Waals surface area contributed by atoms with Crippen molar-refractivity contribution in [1.82, 2.24) is 9.78 Å². The summed E-state index contributed by atoms with van der Waals surface area (Å²) >= 11 is 3.34. The van der Waals surface area contributed by atoms with Gasteiger partial charge in [0, 0.05) is 15.6 Å². The van der Waals surface area contributed by atoms with Gasteiger partial charge in [0.1, 0.15) is 12.4 Å². The largest absolute Gasteiger partial charge is 0.492 e. The van der Waals surface area contributed by atoms with E-state index in [4.69, 9.17) is 4.74 Å². The van der Waals surface area contributed by atoms with Crippen LogP contribution in [-0.4, -0.2) is 16.4 Å². The van der Waals surface area contributed by atoms with Crippen LogP contribution in [0.3, 0.4) is 0 Å². The van der Waals surface area contributed by atoms with Crippen molar-refractivity contribution in [2.45, 2.75) is 20.4 Å². The fourth-order valence-electron chi connectivity index (χ4n) is 1.73. The lowest BCUT2D eigenvalue weighted by Crippen LogP contribution is -2.34. The van der Waals surface area contributed by atoms with Gasteiger partial charge in [-0.25, -0.2) is 4.68 Å². The SMILES string of the molecule is Cc1c(C)c(=O)n(CCOc2ccc(Br)cc2)[nH]c1=O. The molecule has 0 amide bonds. The lowest BCUT2D eigenvalue weighted by atomic mass is 10.2. The Balaban J connectivity index is 2.07. The monoisotopic (exact) mass is 338 g/mol. The van der Waals surface area contributed by atoms with E-state index in [0.29, 0.717) is 30.0 Å². The standard InChI is InChI=1S/C14H15BrN2O3/c1-9-10(2)14(19)17(16-13(9)18)7-8-20-12-5-3-11(15)4-6-12/h3-6H,7-8H2,1-2H3,(H,16,18). The van der Waals surface area contributed by atoms with Crippen LogP contribution in [0.25, 0.3) is 0 Å². The molecule has 0 saturated carbocycles. The van der Waals surface area contributed by atoms with E-state index < -0.39 is 0 Å². The number of ether oxygens (including phenoxy) is 1. The van der Waals surface area contributed by atoms with E-state index in [1.807, 2.05) is 24.3 Å². The van der Waals surface area contributed by atoms with Gasteiger partial charge in [-0.1, -0.05) is 15.9 Å². The van der Waals surface area contributed by atoms with E-state index in [9.17, 15) is 9.59 Å². The molecule has 2 aromatic rings. The number of nitrogens with one attached hydrogen (secondary N) is 1. The maximum absolute atomic E-state index is 12.0. The number of rotatable bonds is 4. The number of benzene rings is 1. The molecule has 106 valence electrons. The Hall–Kier alpha value is -1.82. The van der Waals surface area contributed by atoms with Gasteiger partial charge in [0.15, 0.2) is 0 Å². The van der Waals surface area contributed by atoms with Gasteiger partial charge in [-0.15, -0.1) is 0 Å². The first kappa shape index (κ1) is 14.6. The molecule has 6 heteroatoms. The van der Waals surface area contributed by atoms with E-state index in [1.165, 1.54) is 4.68 Å². The Bertz CT molecular complexity index is 717. The lowest BCUT2D eigenvalue weighted by molar-refractivity contribution is 0.286. The number of halogens is 1. The molecular weight excluding hydrogens is 324 g/mol. The average Bonchev–Trinajstić information content (AvgIpc) is 2.44. The summed E-state index contributed by atoms with van der Waals surface area (Å²) in [5.41, 5.74) is 0.490. The third kappa shape index (κ3) is 3.19. The second kappa shape index (κ2) is 6.09. The van der Waals surface area contributed by atoms with Crippen LogP contribution in [0.2, 0.25) is 0 Å². The molecule has 0 bridgehead atoms. The van der Waals surface area contributed by atoms with Gasteiger partial charge >= 0.3 is 0 Å². The molecular formula is C14H15BrN2O3. The number of aromatic nitrogens is 2. The van der Waals surface area contributed by atoms with Gasteiger partial charge in [-0.2, -0.15) is 0 Å². The van der Waals surface area contributed by atoms with Crippen molar-refractivity contribution in [3.8, 4) is 5.75 Å². The molecule has 5 nitrogen and oxygen atoms in total. The highest BCUT2D eigenvalue weighted by atomic mass is 79.9. The zero-order valence-corrected chi connectivity index (χ0v) is 12.9. The second-order valence-electron chi connectivity index (χ2n) is 4.45.